The van der Waals surface area contributed by atoms with Crippen LogP contribution < -0.4 is 15.4 Å². The molecule has 0 fully saturated rings. The van der Waals surface area contributed by atoms with Gasteiger partial charge in [-0.05, 0) is 35.9 Å². The number of carbonyl (C=O) groups excluding carboxylic acids is 2. The number of hydrogen-bond acceptors (Lipinski definition) is 3. The van der Waals surface area contributed by atoms with Crippen LogP contribution in [-0.2, 0) is 9.59 Å². The van der Waals surface area contributed by atoms with Crippen molar-refractivity contribution in [2.45, 2.75) is 19.4 Å². The summed E-state index contributed by atoms with van der Waals surface area (Å²) in [7, 11) is 1.51. The Balaban J connectivity index is 2.15. The maximum atomic E-state index is 12.4. The predicted molar refractivity (Wildman–Crippen MR) is 99.3 cm³/mol. The van der Waals surface area contributed by atoms with E-state index in [2.05, 4.69) is 10.6 Å². The Bertz CT molecular complexity index is 763. The quantitative estimate of drug-likeness (QED) is 0.788. The fraction of sp³-hybridized carbons (Fsp3) is 0.222. The van der Waals surface area contributed by atoms with Crippen molar-refractivity contribution in [1.82, 2.24) is 5.32 Å². The summed E-state index contributed by atoms with van der Waals surface area (Å²) in [6.45, 7) is 1.40. The van der Waals surface area contributed by atoms with E-state index >= 15 is 0 Å². The van der Waals surface area contributed by atoms with Gasteiger partial charge in [-0.1, -0.05) is 35.3 Å². The third-order valence-corrected chi connectivity index (χ3v) is 3.96. The minimum absolute atomic E-state index is 0.0525. The van der Waals surface area contributed by atoms with Gasteiger partial charge < -0.3 is 15.4 Å². The van der Waals surface area contributed by atoms with Gasteiger partial charge in [-0.3, -0.25) is 9.59 Å². The van der Waals surface area contributed by atoms with Crippen LogP contribution in [0, 0.1) is 0 Å². The number of nitrogens with one attached hydrogen (secondary N) is 2. The molecule has 0 bridgehead atoms. The van der Waals surface area contributed by atoms with E-state index in [0.29, 0.717) is 21.5 Å². The van der Waals surface area contributed by atoms with Crippen LogP contribution in [0.3, 0.4) is 0 Å². The van der Waals surface area contributed by atoms with E-state index < -0.39 is 6.04 Å². The highest BCUT2D eigenvalue weighted by atomic mass is 35.5. The Morgan fingerprint density at radius 2 is 1.72 bits per heavy atom. The summed E-state index contributed by atoms with van der Waals surface area (Å²) in [5.74, 6) is -0.0114. The van der Waals surface area contributed by atoms with Crippen molar-refractivity contribution in [3.63, 3.8) is 0 Å². The van der Waals surface area contributed by atoms with E-state index in [1.54, 1.807) is 42.5 Å². The molecule has 2 aromatic rings. The topological polar surface area (TPSA) is 67.4 Å². The molecule has 0 aliphatic heterocycles. The second-order valence-electron chi connectivity index (χ2n) is 5.40. The lowest BCUT2D eigenvalue weighted by Crippen LogP contribution is -2.29. The lowest BCUT2D eigenvalue weighted by atomic mass is 10.0. The maximum Gasteiger partial charge on any atom is 0.226 e. The number of amides is 2. The first-order valence-electron chi connectivity index (χ1n) is 7.55. The third kappa shape index (κ3) is 5.66. The smallest absolute Gasteiger partial charge is 0.226 e. The summed E-state index contributed by atoms with van der Waals surface area (Å²) in [5.41, 5.74) is 1.26. The summed E-state index contributed by atoms with van der Waals surface area (Å²) in [5, 5.41) is 6.59. The van der Waals surface area contributed by atoms with Gasteiger partial charge in [-0.25, -0.2) is 0 Å². The number of ether oxygens (including phenoxy) is 1. The van der Waals surface area contributed by atoms with Crippen molar-refractivity contribution in [2.24, 2.45) is 0 Å². The highest BCUT2D eigenvalue weighted by molar-refractivity contribution is 6.31. The first-order chi connectivity index (χ1) is 11.9. The molecule has 0 aromatic heterocycles. The fourth-order valence-electron chi connectivity index (χ4n) is 2.36. The molecular weight excluding hydrogens is 363 g/mol. The average Bonchev–Trinajstić information content (AvgIpc) is 2.54. The Kier molecular flexibility index (Phi) is 6.67. The molecule has 0 heterocycles. The van der Waals surface area contributed by atoms with Gasteiger partial charge in [-0.15, -0.1) is 0 Å². The van der Waals surface area contributed by atoms with Crippen molar-refractivity contribution < 1.29 is 14.3 Å². The van der Waals surface area contributed by atoms with Crippen LogP contribution in [0.25, 0.3) is 0 Å². The van der Waals surface area contributed by atoms with Crippen LogP contribution in [0.15, 0.2) is 42.5 Å². The number of methoxy groups -OCH3 is 1. The van der Waals surface area contributed by atoms with Crippen molar-refractivity contribution in [3.05, 3.63) is 58.1 Å². The van der Waals surface area contributed by atoms with Gasteiger partial charge in [0.05, 0.1) is 25.3 Å². The van der Waals surface area contributed by atoms with E-state index in [-0.39, 0.29) is 18.2 Å². The number of carbonyl (C=O) groups is 2. The molecule has 5 nitrogen and oxygen atoms in total. The second kappa shape index (κ2) is 8.74. The first-order valence-corrected chi connectivity index (χ1v) is 8.30. The molecule has 25 heavy (non-hydrogen) atoms. The minimum Gasteiger partial charge on any atom is -0.495 e. The summed E-state index contributed by atoms with van der Waals surface area (Å²) in [4.78, 5) is 23.9. The molecule has 0 saturated heterocycles. The molecule has 0 saturated carbocycles. The molecular formula is C18H18Cl2N2O3. The highest BCUT2D eigenvalue weighted by Crippen LogP contribution is 2.28. The van der Waals surface area contributed by atoms with Gasteiger partial charge in [0.2, 0.25) is 11.8 Å². The molecule has 7 heteroatoms. The largest absolute Gasteiger partial charge is 0.495 e. The molecule has 0 spiro atoms. The number of hydrogen-bond donors (Lipinski definition) is 2. The Labute approximate surface area is 156 Å². The zero-order chi connectivity index (χ0) is 18.4. The first kappa shape index (κ1) is 19.1. The van der Waals surface area contributed by atoms with Crippen molar-refractivity contribution in [1.29, 1.82) is 0 Å². The Hall–Kier alpha value is -2.24. The molecule has 0 radical (unpaired) electrons. The van der Waals surface area contributed by atoms with E-state index in [4.69, 9.17) is 27.9 Å². The lowest BCUT2D eigenvalue weighted by Gasteiger charge is -2.19. The van der Waals surface area contributed by atoms with E-state index in [0.717, 1.165) is 5.56 Å². The van der Waals surface area contributed by atoms with Crippen molar-refractivity contribution in [3.8, 4) is 5.75 Å². The predicted octanol–water partition coefficient (Wildman–Crippen LogP) is 4.21. The molecule has 1 atom stereocenters. The maximum absolute atomic E-state index is 12.4. The van der Waals surface area contributed by atoms with Crippen LogP contribution in [0.4, 0.5) is 5.69 Å². The number of rotatable bonds is 6. The van der Waals surface area contributed by atoms with Gasteiger partial charge in [0, 0.05) is 17.0 Å². The second-order valence-corrected chi connectivity index (χ2v) is 6.27. The van der Waals surface area contributed by atoms with Gasteiger partial charge >= 0.3 is 0 Å². The lowest BCUT2D eigenvalue weighted by molar-refractivity contribution is -0.120. The van der Waals surface area contributed by atoms with Crippen LogP contribution >= 0.6 is 23.2 Å². The van der Waals surface area contributed by atoms with Crippen molar-refractivity contribution >= 4 is 40.7 Å². The molecule has 0 aliphatic carbocycles. The molecule has 2 amide bonds. The van der Waals surface area contributed by atoms with Crippen LogP contribution in [0.2, 0.25) is 10.0 Å². The molecule has 2 aromatic carbocycles. The van der Waals surface area contributed by atoms with Gasteiger partial charge in [-0.2, -0.15) is 0 Å². The molecule has 2 N–H and O–H groups in total. The number of anilines is 1. The Morgan fingerprint density at radius 3 is 2.32 bits per heavy atom. The summed E-state index contributed by atoms with van der Waals surface area (Å²) < 4.78 is 5.21. The van der Waals surface area contributed by atoms with Crippen LogP contribution in [-0.4, -0.2) is 18.9 Å². The summed E-state index contributed by atoms with van der Waals surface area (Å²) in [6, 6.07) is 11.4. The Morgan fingerprint density at radius 1 is 1.08 bits per heavy atom. The highest BCUT2D eigenvalue weighted by Gasteiger charge is 2.18. The van der Waals surface area contributed by atoms with Gasteiger partial charge in [0.25, 0.3) is 0 Å². The van der Waals surface area contributed by atoms with Crippen LogP contribution in [0.1, 0.15) is 24.9 Å². The van der Waals surface area contributed by atoms with E-state index in [1.807, 2.05) is 0 Å². The van der Waals surface area contributed by atoms with Crippen LogP contribution in [0.5, 0.6) is 5.75 Å². The molecule has 2 rings (SSSR count). The van der Waals surface area contributed by atoms with E-state index in [1.165, 1.54) is 14.0 Å². The average molecular weight is 381 g/mol. The number of benzene rings is 2. The van der Waals surface area contributed by atoms with Gasteiger partial charge in [0.1, 0.15) is 5.75 Å². The SMILES string of the molecule is COc1ccc(Cl)cc1NC(=O)CC(NC(C)=O)c1ccc(Cl)cc1. The normalized spacial score (nSPS) is 11.5. The zero-order valence-electron chi connectivity index (χ0n) is 13.8. The fourth-order valence-corrected chi connectivity index (χ4v) is 2.66. The third-order valence-electron chi connectivity index (χ3n) is 3.48. The monoisotopic (exact) mass is 380 g/mol. The summed E-state index contributed by atoms with van der Waals surface area (Å²) >= 11 is 11.9. The molecule has 132 valence electrons. The standard InChI is InChI=1S/C18H18Cl2N2O3/c1-11(23)21-15(12-3-5-13(19)6-4-12)10-18(24)22-16-9-14(20)7-8-17(16)25-2/h3-9,15H,10H2,1-2H3,(H,21,23)(H,22,24). The zero-order valence-corrected chi connectivity index (χ0v) is 15.3. The van der Waals surface area contributed by atoms with E-state index in [9.17, 15) is 9.59 Å². The van der Waals surface area contributed by atoms with Gasteiger partial charge in [0.15, 0.2) is 0 Å². The van der Waals surface area contributed by atoms with Crippen molar-refractivity contribution in [2.75, 3.05) is 12.4 Å². The summed E-state index contributed by atoms with van der Waals surface area (Å²) in [6.07, 6.45) is 0.0525. The minimum atomic E-state index is -0.472. The molecule has 0 aliphatic rings. The number of halogens is 2. The molecule has 1 unspecified atom stereocenters.